The maximum atomic E-state index is 11.0. The summed E-state index contributed by atoms with van der Waals surface area (Å²) in [6.45, 7) is 11.0. The molecule has 6 heteroatoms. The summed E-state index contributed by atoms with van der Waals surface area (Å²) in [5.41, 5.74) is 4.30. The first kappa shape index (κ1) is 34.4. The predicted octanol–water partition coefficient (Wildman–Crippen LogP) is 9.65. The van der Waals surface area contributed by atoms with Gasteiger partial charge in [-0.25, -0.2) is 0 Å². The molecule has 3 aromatic rings. The minimum Gasteiger partial charge on any atom is -0.507 e. The molecule has 44 heavy (non-hydrogen) atoms. The summed E-state index contributed by atoms with van der Waals surface area (Å²) in [7, 11) is 6.36. The van der Waals surface area contributed by atoms with Gasteiger partial charge in [-0.2, -0.15) is 0 Å². The van der Waals surface area contributed by atoms with Crippen LogP contribution in [0, 0.1) is 10.8 Å². The first-order chi connectivity index (χ1) is 21.0. The van der Waals surface area contributed by atoms with Crippen LogP contribution in [0.25, 0.3) is 24.3 Å². The lowest BCUT2D eigenvalue weighted by molar-refractivity contribution is 0.0330. The van der Waals surface area contributed by atoms with Gasteiger partial charge in [-0.15, -0.1) is 0 Å². The number of hydrogen-bond acceptors (Lipinski definition) is 6. The Morgan fingerprint density at radius 1 is 0.636 bits per heavy atom. The molecule has 0 aromatic heterocycles. The highest BCUT2D eigenvalue weighted by atomic mass is 16.5. The van der Waals surface area contributed by atoms with Crippen LogP contribution < -0.4 is 18.9 Å². The Morgan fingerprint density at radius 2 is 1.18 bits per heavy atom. The lowest BCUT2D eigenvalue weighted by Crippen LogP contribution is -2.40. The number of rotatable bonds is 10. The molecule has 0 saturated heterocycles. The number of methoxy groups -OCH3 is 4. The van der Waals surface area contributed by atoms with Gasteiger partial charge >= 0.3 is 0 Å². The normalized spacial score (nSPS) is 17.7. The maximum Gasteiger partial charge on any atom is 0.161 e. The van der Waals surface area contributed by atoms with Crippen molar-refractivity contribution in [3.05, 3.63) is 70.3 Å². The minimum atomic E-state index is 0.0789. The third-order valence-corrected chi connectivity index (χ3v) is 9.07. The molecule has 2 N–H and O–H groups in total. The zero-order valence-electron chi connectivity index (χ0n) is 27.9. The maximum absolute atomic E-state index is 11.0. The molecule has 1 atom stereocenters. The van der Waals surface area contributed by atoms with Crippen LogP contribution in [0.15, 0.2) is 42.5 Å². The largest absolute Gasteiger partial charge is 0.507 e. The van der Waals surface area contributed by atoms with E-state index in [2.05, 4.69) is 20.8 Å². The van der Waals surface area contributed by atoms with Crippen LogP contribution >= 0.6 is 0 Å². The Bertz CT molecular complexity index is 1470. The molecule has 0 spiro atoms. The van der Waals surface area contributed by atoms with Crippen LogP contribution in [0.5, 0.6) is 34.5 Å². The highest BCUT2D eigenvalue weighted by molar-refractivity contribution is 5.80. The second-order valence-corrected chi connectivity index (χ2v) is 12.0. The molecule has 0 heterocycles. The number of ether oxygens (including phenoxy) is 4. The van der Waals surface area contributed by atoms with Crippen molar-refractivity contribution < 1.29 is 29.2 Å². The molecule has 0 aliphatic heterocycles. The molecule has 1 aliphatic carbocycles. The van der Waals surface area contributed by atoms with Gasteiger partial charge in [0.15, 0.2) is 23.0 Å². The Kier molecular flexibility index (Phi) is 11.8. The van der Waals surface area contributed by atoms with E-state index in [0.29, 0.717) is 28.6 Å². The van der Waals surface area contributed by atoms with Crippen molar-refractivity contribution in [3.8, 4) is 34.5 Å². The van der Waals surface area contributed by atoms with Crippen molar-refractivity contribution in [1.29, 1.82) is 0 Å². The van der Waals surface area contributed by atoms with Gasteiger partial charge in [-0.05, 0) is 94.8 Å². The number of phenols is 2. The summed E-state index contributed by atoms with van der Waals surface area (Å²) < 4.78 is 21.9. The van der Waals surface area contributed by atoms with Gasteiger partial charge in [-0.3, -0.25) is 0 Å². The predicted molar refractivity (Wildman–Crippen MR) is 182 cm³/mol. The van der Waals surface area contributed by atoms with E-state index in [0.717, 1.165) is 35.1 Å². The van der Waals surface area contributed by atoms with E-state index in [1.165, 1.54) is 19.3 Å². The second kappa shape index (κ2) is 15.1. The van der Waals surface area contributed by atoms with E-state index in [1.807, 2.05) is 74.5 Å². The van der Waals surface area contributed by atoms with E-state index >= 15 is 0 Å². The van der Waals surface area contributed by atoms with Gasteiger partial charge in [0.1, 0.15) is 11.5 Å². The second-order valence-electron chi connectivity index (χ2n) is 12.0. The average Bonchev–Trinajstić information content (AvgIpc) is 3.02. The SMILES string of the molecule is CC.COc1ccc(/C=C/c2c(O)cc(/C=C/c3cc(C[C@@]4(C)CCCCC4(C)C)c(O)c(OC)c3)cc2OC)cc1OC. The standard InChI is InChI=1S/C36H44O6.C2H6/c1-35(2)16-8-9-17-36(35,3)23-27-18-25(22-33(42-7)34(27)38)10-11-26-19-29(37)28(31(21-26)40-5)14-12-24-13-15-30(39-4)32(20-24)41-6;1-2/h10-15,18-22,37-38H,8-9,16-17,23H2,1-7H3;1-2H3/b11-10+,14-12+;/t36-;/m1./s1. The summed E-state index contributed by atoms with van der Waals surface area (Å²) >= 11 is 0. The Labute approximate surface area is 264 Å². The number of hydrogen-bond donors (Lipinski definition) is 2. The number of phenolic OH excluding ortho intramolecular Hbond substituents is 2. The minimum absolute atomic E-state index is 0.0789. The molecule has 0 amide bonds. The fraction of sp³-hybridized carbons (Fsp3) is 0.421. The highest BCUT2D eigenvalue weighted by Gasteiger charge is 2.43. The summed E-state index contributed by atoms with van der Waals surface area (Å²) in [5.74, 6) is 2.59. The van der Waals surface area contributed by atoms with Crippen LogP contribution in [0.2, 0.25) is 0 Å². The van der Waals surface area contributed by atoms with E-state index in [1.54, 1.807) is 34.5 Å². The van der Waals surface area contributed by atoms with Crippen molar-refractivity contribution in [2.75, 3.05) is 28.4 Å². The summed E-state index contributed by atoms with van der Waals surface area (Å²) in [4.78, 5) is 0. The molecule has 1 fully saturated rings. The number of benzene rings is 3. The van der Waals surface area contributed by atoms with Crippen LogP contribution in [0.3, 0.4) is 0 Å². The van der Waals surface area contributed by atoms with Gasteiger partial charge < -0.3 is 29.2 Å². The van der Waals surface area contributed by atoms with Crippen LogP contribution in [-0.2, 0) is 6.42 Å². The third kappa shape index (κ3) is 7.71. The van der Waals surface area contributed by atoms with Gasteiger partial charge in [0, 0.05) is 0 Å². The third-order valence-electron chi connectivity index (χ3n) is 9.07. The summed E-state index contributed by atoms with van der Waals surface area (Å²) in [5, 5.41) is 21.9. The number of aromatic hydroxyl groups is 2. The molecule has 4 rings (SSSR count). The van der Waals surface area contributed by atoms with E-state index in [-0.39, 0.29) is 22.3 Å². The Balaban J connectivity index is 0.00000259. The monoisotopic (exact) mass is 602 g/mol. The van der Waals surface area contributed by atoms with Gasteiger partial charge in [0.2, 0.25) is 0 Å². The van der Waals surface area contributed by atoms with Crippen molar-refractivity contribution in [2.45, 2.75) is 66.7 Å². The lowest BCUT2D eigenvalue weighted by atomic mass is 9.56. The zero-order chi connectivity index (χ0) is 32.5. The quantitative estimate of drug-likeness (QED) is 0.225. The molecule has 238 valence electrons. The highest BCUT2D eigenvalue weighted by Crippen LogP contribution is 2.53. The van der Waals surface area contributed by atoms with Gasteiger partial charge in [0.05, 0.1) is 34.0 Å². The Morgan fingerprint density at radius 3 is 1.80 bits per heavy atom. The smallest absolute Gasteiger partial charge is 0.161 e. The molecule has 3 aromatic carbocycles. The van der Waals surface area contributed by atoms with Crippen molar-refractivity contribution >= 4 is 24.3 Å². The fourth-order valence-corrected chi connectivity index (χ4v) is 5.94. The lowest BCUT2D eigenvalue weighted by Gasteiger charge is -2.48. The first-order valence-electron chi connectivity index (χ1n) is 15.4. The molecule has 0 unspecified atom stereocenters. The molecule has 1 aliphatic rings. The molecule has 0 bridgehead atoms. The van der Waals surface area contributed by atoms with Gasteiger partial charge in [-0.1, -0.05) is 71.8 Å². The van der Waals surface area contributed by atoms with Gasteiger partial charge in [0.25, 0.3) is 0 Å². The van der Waals surface area contributed by atoms with E-state index in [4.69, 9.17) is 18.9 Å². The summed E-state index contributed by atoms with van der Waals surface area (Å²) in [6.07, 6.45) is 13.1. The molecular weight excluding hydrogens is 552 g/mol. The van der Waals surface area contributed by atoms with Crippen molar-refractivity contribution in [2.24, 2.45) is 10.8 Å². The van der Waals surface area contributed by atoms with E-state index in [9.17, 15) is 10.2 Å². The molecule has 6 nitrogen and oxygen atoms in total. The van der Waals surface area contributed by atoms with Crippen LogP contribution in [0.1, 0.15) is 88.1 Å². The fourth-order valence-electron chi connectivity index (χ4n) is 5.94. The molecule has 1 saturated carbocycles. The molecular formula is C38H50O6. The van der Waals surface area contributed by atoms with Crippen molar-refractivity contribution in [1.82, 2.24) is 0 Å². The first-order valence-corrected chi connectivity index (χ1v) is 15.4. The van der Waals surface area contributed by atoms with Crippen LogP contribution in [0.4, 0.5) is 0 Å². The summed E-state index contributed by atoms with van der Waals surface area (Å²) in [6, 6.07) is 13.1. The topological polar surface area (TPSA) is 77.4 Å². The Hall–Kier alpha value is -4.06. The van der Waals surface area contributed by atoms with Crippen molar-refractivity contribution in [3.63, 3.8) is 0 Å². The molecule has 0 radical (unpaired) electrons. The van der Waals surface area contributed by atoms with Crippen LogP contribution in [-0.4, -0.2) is 38.7 Å². The zero-order valence-corrected chi connectivity index (χ0v) is 27.9. The van der Waals surface area contributed by atoms with E-state index < -0.39 is 0 Å². The average molecular weight is 603 g/mol.